The van der Waals surface area contributed by atoms with Gasteiger partial charge in [0.2, 0.25) is 0 Å². The van der Waals surface area contributed by atoms with Crippen LogP contribution >= 0.6 is 11.6 Å². The molecule has 1 heterocycles. The summed E-state index contributed by atoms with van der Waals surface area (Å²) in [6, 6.07) is 10.9. The van der Waals surface area contributed by atoms with Crippen LogP contribution in [0.1, 0.15) is 0 Å². The van der Waals surface area contributed by atoms with Gasteiger partial charge in [-0.2, -0.15) is 0 Å². The molecule has 82 valence electrons. The summed E-state index contributed by atoms with van der Waals surface area (Å²) in [6.45, 7) is 0. The first kappa shape index (κ1) is 10.8. The standard InChI is InChI=1S/C12H11ClN2O/c1-14-12-8-11(5-6-15-12)16-10-4-2-3-9(13)7-10/h2-8H,1H3,(H,14,15). The SMILES string of the molecule is CNc1cc(Oc2cccc(Cl)c2)ccn1. The number of aromatic nitrogens is 1. The number of benzene rings is 1. The molecule has 0 radical (unpaired) electrons. The van der Waals surface area contributed by atoms with Crippen molar-refractivity contribution >= 4 is 17.4 Å². The van der Waals surface area contributed by atoms with Crippen LogP contribution < -0.4 is 10.1 Å². The molecule has 1 aromatic carbocycles. The molecule has 0 saturated carbocycles. The molecule has 0 aliphatic heterocycles. The van der Waals surface area contributed by atoms with Gasteiger partial charge in [-0.05, 0) is 24.3 Å². The van der Waals surface area contributed by atoms with Gasteiger partial charge in [-0.3, -0.25) is 0 Å². The molecule has 3 nitrogen and oxygen atoms in total. The van der Waals surface area contributed by atoms with Crippen molar-refractivity contribution in [3.8, 4) is 11.5 Å². The van der Waals surface area contributed by atoms with Gasteiger partial charge in [0.1, 0.15) is 17.3 Å². The van der Waals surface area contributed by atoms with Crippen LogP contribution in [-0.4, -0.2) is 12.0 Å². The van der Waals surface area contributed by atoms with Crippen LogP contribution in [0.15, 0.2) is 42.6 Å². The number of ether oxygens (including phenoxy) is 1. The number of hydrogen-bond donors (Lipinski definition) is 1. The highest BCUT2D eigenvalue weighted by Gasteiger charge is 1.99. The van der Waals surface area contributed by atoms with Crippen LogP contribution in [0.4, 0.5) is 5.82 Å². The van der Waals surface area contributed by atoms with Crippen molar-refractivity contribution < 1.29 is 4.74 Å². The molecule has 0 atom stereocenters. The van der Waals surface area contributed by atoms with Crippen molar-refractivity contribution in [2.75, 3.05) is 12.4 Å². The molecule has 0 aliphatic rings. The third kappa shape index (κ3) is 2.64. The van der Waals surface area contributed by atoms with E-state index in [0.717, 1.165) is 11.6 Å². The average Bonchev–Trinajstić information content (AvgIpc) is 2.29. The summed E-state index contributed by atoms with van der Waals surface area (Å²) >= 11 is 5.86. The molecule has 0 fully saturated rings. The van der Waals surface area contributed by atoms with Crippen molar-refractivity contribution in [1.82, 2.24) is 4.98 Å². The zero-order valence-corrected chi connectivity index (χ0v) is 9.53. The number of nitrogens with one attached hydrogen (secondary N) is 1. The highest BCUT2D eigenvalue weighted by Crippen LogP contribution is 2.24. The molecular formula is C12H11ClN2O. The highest BCUT2D eigenvalue weighted by atomic mass is 35.5. The molecule has 0 bridgehead atoms. The molecule has 16 heavy (non-hydrogen) atoms. The van der Waals surface area contributed by atoms with E-state index < -0.39 is 0 Å². The maximum Gasteiger partial charge on any atom is 0.132 e. The number of halogens is 1. The van der Waals surface area contributed by atoms with Gasteiger partial charge in [0.25, 0.3) is 0 Å². The van der Waals surface area contributed by atoms with Gasteiger partial charge in [-0.25, -0.2) is 4.98 Å². The van der Waals surface area contributed by atoms with Crippen LogP contribution in [0.5, 0.6) is 11.5 Å². The molecule has 1 aromatic heterocycles. The largest absolute Gasteiger partial charge is 0.457 e. The minimum absolute atomic E-state index is 0.653. The second kappa shape index (κ2) is 4.86. The van der Waals surface area contributed by atoms with Crippen molar-refractivity contribution in [3.63, 3.8) is 0 Å². The fraction of sp³-hybridized carbons (Fsp3) is 0.0833. The predicted molar refractivity (Wildman–Crippen MR) is 65.3 cm³/mol. The molecule has 1 N–H and O–H groups in total. The Balaban J connectivity index is 2.20. The molecule has 0 aliphatic carbocycles. The quantitative estimate of drug-likeness (QED) is 0.882. The number of pyridine rings is 1. The fourth-order valence-electron chi connectivity index (χ4n) is 1.28. The molecular weight excluding hydrogens is 224 g/mol. The first-order chi connectivity index (χ1) is 7.78. The summed E-state index contributed by atoms with van der Waals surface area (Å²) in [7, 11) is 1.81. The lowest BCUT2D eigenvalue weighted by Gasteiger charge is -2.06. The first-order valence-corrected chi connectivity index (χ1v) is 5.23. The van der Waals surface area contributed by atoms with Crippen molar-refractivity contribution in [3.05, 3.63) is 47.6 Å². The normalized spacial score (nSPS) is 9.88. The summed E-state index contributed by atoms with van der Waals surface area (Å²) in [6.07, 6.45) is 1.69. The van der Waals surface area contributed by atoms with Crippen LogP contribution in [0.25, 0.3) is 0 Å². The second-order valence-corrected chi connectivity index (χ2v) is 3.62. The molecule has 4 heteroatoms. The Morgan fingerprint density at radius 2 is 2.00 bits per heavy atom. The van der Waals surface area contributed by atoms with Gasteiger partial charge < -0.3 is 10.1 Å². The topological polar surface area (TPSA) is 34.1 Å². The molecule has 0 saturated heterocycles. The van der Waals surface area contributed by atoms with E-state index in [0.29, 0.717) is 10.8 Å². The highest BCUT2D eigenvalue weighted by molar-refractivity contribution is 6.30. The van der Waals surface area contributed by atoms with Gasteiger partial charge in [-0.1, -0.05) is 17.7 Å². The zero-order chi connectivity index (χ0) is 11.4. The van der Waals surface area contributed by atoms with Gasteiger partial charge in [0.15, 0.2) is 0 Å². The number of nitrogens with zero attached hydrogens (tertiary/aromatic N) is 1. The van der Waals surface area contributed by atoms with Crippen molar-refractivity contribution in [2.24, 2.45) is 0 Å². The summed E-state index contributed by atoms with van der Waals surface area (Å²) in [5.41, 5.74) is 0. The molecule has 0 spiro atoms. The van der Waals surface area contributed by atoms with Gasteiger partial charge in [0, 0.05) is 24.3 Å². The summed E-state index contributed by atoms with van der Waals surface area (Å²) < 4.78 is 5.64. The van der Waals surface area contributed by atoms with Gasteiger partial charge >= 0.3 is 0 Å². The number of rotatable bonds is 3. The Hall–Kier alpha value is -1.74. The lowest BCUT2D eigenvalue weighted by molar-refractivity contribution is 0.482. The average molecular weight is 235 g/mol. The second-order valence-electron chi connectivity index (χ2n) is 3.19. The van der Waals surface area contributed by atoms with Crippen LogP contribution in [-0.2, 0) is 0 Å². The molecule has 0 unspecified atom stereocenters. The smallest absolute Gasteiger partial charge is 0.132 e. The maximum atomic E-state index is 5.86. The van der Waals surface area contributed by atoms with Crippen LogP contribution in [0, 0.1) is 0 Å². The third-order valence-electron chi connectivity index (χ3n) is 2.02. The van der Waals surface area contributed by atoms with E-state index in [1.54, 1.807) is 24.4 Å². The fourth-order valence-corrected chi connectivity index (χ4v) is 1.46. The Bertz CT molecular complexity index is 488. The lowest BCUT2D eigenvalue weighted by Crippen LogP contribution is -1.92. The van der Waals surface area contributed by atoms with Crippen molar-refractivity contribution in [1.29, 1.82) is 0 Å². The first-order valence-electron chi connectivity index (χ1n) is 4.85. The van der Waals surface area contributed by atoms with E-state index in [2.05, 4.69) is 10.3 Å². The third-order valence-corrected chi connectivity index (χ3v) is 2.25. The van der Waals surface area contributed by atoms with E-state index in [9.17, 15) is 0 Å². The van der Waals surface area contributed by atoms with Crippen LogP contribution in [0.3, 0.4) is 0 Å². The molecule has 0 amide bonds. The van der Waals surface area contributed by atoms with E-state index >= 15 is 0 Å². The lowest BCUT2D eigenvalue weighted by atomic mass is 10.3. The van der Waals surface area contributed by atoms with Gasteiger partial charge in [-0.15, -0.1) is 0 Å². The van der Waals surface area contributed by atoms with E-state index in [-0.39, 0.29) is 0 Å². The maximum absolute atomic E-state index is 5.86. The monoisotopic (exact) mass is 234 g/mol. The summed E-state index contributed by atoms with van der Waals surface area (Å²) in [5.74, 6) is 2.20. The van der Waals surface area contributed by atoms with Crippen molar-refractivity contribution in [2.45, 2.75) is 0 Å². The van der Waals surface area contributed by atoms with Gasteiger partial charge in [0.05, 0.1) is 0 Å². The van der Waals surface area contributed by atoms with Crippen LogP contribution in [0.2, 0.25) is 5.02 Å². The molecule has 2 rings (SSSR count). The van der Waals surface area contributed by atoms with E-state index in [1.165, 1.54) is 0 Å². The molecule has 2 aromatic rings. The Morgan fingerprint density at radius 3 is 2.75 bits per heavy atom. The number of anilines is 1. The summed E-state index contributed by atoms with van der Waals surface area (Å²) in [4.78, 5) is 4.10. The van der Waals surface area contributed by atoms with E-state index in [1.807, 2.05) is 25.2 Å². The van der Waals surface area contributed by atoms with E-state index in [4.69, 9.17) is 16.3 Å². The number of hydrogen-bond acceptors (Lipinski definition) is 3. The Morgan fingerprint density at radius 1 is 1.19 bits per heavy atom. The Labute approximate surface area is 99.0 Å². The minimum Gasteiger partial charge on any atom is -0.457 e. The predicted octanol–water partition coefficient (Wildman–Crippen LogP) is 3.57. The minimum atomic E-state index is 0.653. The Kier molecular flexibility index (Phi) is 3.27. The summed E-state index contributed by atoms with van der Waals surface area (Å²) in [5, 5.41) is 3.60. The zero-order valence-electron chi connectivity index (χ0n) is 8.77.